The monoisotopic (exact) mass is 725 g/mol. The molecule has 4 aromatic carbocycles. The van der Waals surface area contributed by atoms with Crippen LogP contribution in [0.4, 0.5) is 5.69 Å². The molecule has 2 amide bonds. The van der Waals surface area contributed by atoms with Crippen LogP contribution in [0.3, 0.4) is 0 Å². The van der Waals surface area contributed by atoms with E-state index in [0.717, 1.165) is 30.8 Å². The van der Waals surface area contributed by atoms with E-state index in [-0.39, 0.29) is 23.8 Å². The number of anilines is 1. The van der Waals surface area contributed by atoms with E-state index in [4.69, 9.17) is 0 Å². The number of hydrogen-bond acceptors (Lipinski definition) is 4. The largest absolute Gasteiger partial charge is 0.354 e. The maximum Gasteiger partial charge on any atom is 0.264 e. The molecule has 10 heteroatoms. The van der Waals surface area contributed by atoms with E-state index in [0.29, 0.717) is 12.2 Å². The third kappa shape index (κ3) is 8.78. The number of benzene rings is 4. The first-order valence-corrected chi connectivity index (χ1v) is 16.9. The van der Waals surface area contributed by atoms with Gasteiger partial charge in [-0.2, -0.15) is 0 Å². The van der Waals surface area contributed by atoms with Crippen LogP contribution in [0.2, 0.25) is 0 Å². The highest BCUT2D eigenvalue weighted by molar-refractivity contribution is 9.10. The second-order valence-corrected chi connectivity index (χ2v) is 13.6. The number of halogens is 2. The van der Waals surface area contributed by atoms with Gasteiger partial charge in [-0.05, 0) is 66.1 Å². The molecule has 1 atom stereocenters. The number of rotatable bonds is 13. The Kier molecular flexibility index (Phi) is 11.6. The minimum absolute atomic E-state index is 0.0618. The molecule has 0 aliphatic carbocycles. The van der Waals surface area contributed by atoms with Crippen LogP contribution in [0, 0.1) is 0 Å². The maximum absolute atomic E-state index is 14.4. The van der Waals surface area contributed by atoms with Crippen LogP contribution < -0.4 is 9.62 Å². The van der Waals surface area contributed by atoms with E-state index in [9.17, 15) is 18.0 Å². The predicted molar refractivity (Wildman–Crippen MR) is 177 cm³/mol. The molecule has 0 unspecified atom stereocenters. The van der Waals surface area contributed by atoms with Gasteiger partial charge in [-0.3, -0.25) is 13.9 Å². The SMILES string of the molecule is CCCNC(=O)[C@H](Cc1ccccc1)N(Cc1ccc(Br)cc1)C(=O)CN(c1ccc(Br)cc1)S(=O)(=O)c1ccccc1. The molecule has 0 aliphatic heterocycles. The maximum atomic E-state index is 14.4. The topological polar surface area (TPSA) is 86.8 Å². The van der Waals surface area contributed by atoms with Crippen molar-refractivity contribution in [3.05, 3.63) is 129 Å². The molecule has 0 fully saturated rings. The van der Waals surface area contributed by atoms with Crippen LogP contribution in [0.15, 0.2) is 123 Å². The van der Waals surface area contributed by atoms with Crippen molar-refractivity contribution in [3.63, 3.8) is 0 Å². The predicted octanol–water partition coefficient (Wildman–Crippen LogP) is 6.57. The zero-order valence-corrected chi connectivity index (χ0v) is 27.7. The van der Waals surface area contributed by atoms with Crippen molar-refractivity contribution in [1.29, 1.82) is 0 Å². The number of carbonyl (C=O) groups is 2. The molecule has 0 spiro atoms. The molecule has 7 nitrogen and oxygen atoms in total. The molecule has 0 aromatic heterocycles. The first-order chi connectivity index (χ1) is 20.7. The van der Waals surface area contributed by atoms with Crippen molar-refractivity contribution in [3.8, 4) is 0 Å². The highest BCUT2D eigenvalue weighted by Crippen LogP contribution is 2.26. The molecule has 0 aliphatic rings. The van der Waals surface area contributed by atoms with E-state index < -0.39 is 28.5 Å². The highest BCUT2D eigenvalue weighted by Gasteiger charge is 2.34. The molecule has 1 N–H and O–H groups in total. The number of sulfonamides is 1. The summed E-state index contributed by atoms with van der Waals surface area (Å²) in [5.41, 5.74) is 2.02. The van der Waals surface area contributed by atoms with Gasteiger partial charge in [-0.15, -0.1) is 0 Å². The Bertz CT molecular complexity index is 1600. The van der Waals surface area contributed by atoms with E-state index >= 15 is 0 Å². The van der Waals surface area contributed by atoms with Crippen molar-refractivity contribution in [2.24, 2.45) is 0 Å². The summed E-state index contributed by atoms with van der Waals surface area (Å²) >= 11 is 6.85. The van der Waals surface area contributed by atoms with Gasteiger partial charge in [0.1, 0.15) is 12.6 Å². The number of nitrogens with one attached hydrogen (secondary N) is 1. The van der Waals surface area contributed by atoms with Crippen molar-refractivity contribution in [2.75, 3.05) is 17.4 Å². The molecule has 43 heavy (non-hydrogen) atoms. The van der Waals surface area contributed by atoms with Gasteiger partial charge in [-0.1, -0.05) is 99.4 Å². The fraction of sp³-hybridized carbons (Fsp3) is 0.212. The Labute approximate surface area is 270 Å². The number of hydrogen-bond donors (Lipinski definition) is 1. The lowest BCUT2D eigenvalue weighted by atomic mass is 10.0. The Morgan fingerprint density at radius 3 is 1.91 bits per heavy atom. The average Bonchev–Trinajstić information content (AvgIpc) is 3.02. The number of amides is 2. The van der Waals surface area contributed by atoms with Crippen LogP contribution in [-0.2, 0) is 32.6 Å². The molecule has 0 heterocycles. The first kappa shape index (κ1) is 32.4. The molecule has 0 saturated carbocycles. The molecule has 0 saturated heterocycles. The van der Waals surface area contributed by atoms with Gasteiger partial charge in [0.2, 0.25) is 11.8 Å². The van der Waals surface area contributed by atoms with Crippen LogP contribution in [0.25, 0.3) is 0 Å². The average molecular weight is 728 g/mol. The smallest absolute Gasteiger partial charge is 0.264 e. The standard InChI is InChI=1S/C33H33Br2N3O4S/c1-2-21-36-33(40)31(22-25-9-5-3-6-10-25)37(23-26-13-15-27(34)16-14-26)32(39)24-38(29-19-17-28(35)18-20-29)43(41,42)30-11-7-4-8-12-30/h3-20,31H,2,21-24H2,1H3,(H,36,40)/t31-/m0/s1. The third-order valence-corrected chi connectivity index (χ3v) is 9.66. The summed E-state index contributed by atoms with van der Waals surface area (Å²) in [5, 5.41) is 2.95. The van der Waals surface area contributed by atoms with Gasteiger partial charge in [0.15, 0.2) is 0 Å². The Hall–Kier alpha value is -3.47. The van der Waals surface area contributed by atoms with Crippen LogP contribution in [-0.4, -0.2) is 44.3 Å². The number of nitrogens with zero attached hydrogens (tertiary/aromatic N) is 2. The van der Waals surface area contributed by atoms with Crippen molar-refractivity contribution in [2.45, 2.75) is 37.2 Å². The second kappa shape index (κ2) is 15.3. The quantitative estimate of drug-likeness (QED) is 0.169. The minimum atomic E-state index is -4.13. The first-order valence-electron chi connectivity index (χ1n) is 13.9. The van der Waals surface area contributed by atoms with Crippen molar-refractivity contribution >= 4 is 59.4 Å². The Balaban J connectivity index is 1.78. The molecule has 0 bridgehead atoms. The lowest BCUT2D eigenvalue weighted by Crippen LogP contribution is -2.53. The zero-order valence-electron chi connectivity index (χ0n) is 23.7. The van der Waals surface area contributed by atoms with Gasteiger partial charge in [0, 0.05) is 28.5 Å². The lowest BCUT2D eigenvalue weighted by Gasteiger charge is -2.34. The Morgan fingerprint density at radius 2 is 1.33 bits per heavy atom. The van der Waals surface area contributed by atoms with Gasteiger partial charge in [0.25, 0.3) is 10.0 Å². The van der Waals surface area contributed by atoms with Gasteiger partial charge < -0.3 is 10.2 Å². The summed E-state index contributed by atoms with van der Waals surface area (Å²) in [5.74, 6) is -0.796. The van der Waals surface area contributed by atoms with E-state index in [2.05, 4.69) is 37.2 Å². The zero-order chi connectivity index (χ0) is 30.8. The summed E-state index contributed by atoms with van der Waals surface area (Å²) in [6.07, 6.45) is 0.999. The van der Waals surface area contributed by atoms with Crippen LogP contribution in [0.5, 0.6) is 0 Å². The molecule has 0 radical (unpaired) electrons. The normalized spacial score (nSPS) is 11.9. The minimum Gasteiger partial charge on any atom is -0.354 e. The number of carbonyl (C=O) groups excluding carboxylic acids is 2. The van der Waals surface area contributed by atoms with Crippen molar-refractivity contribution < 1.29 is 18.0 Å². The van der Waals surface area contributed by atoms with Crippen LogP contribution in [0.1, 0.15) is 24.5 Å². The molecule has 4 rings (SSSR count). The fourth-order valence-corrected chi connectivity index (χ4v) is 6.53. The Morgan fingerprint density at radius 1 is 0.767 bits per heavy atom. The summed E-state index contributed by atoms with van der Waals surface area (Å²) in [6, 6.07) is 30.9. The third-order valence-electron chi connectivity index (χ3n) is 6.81. The molecule has 4 aromatic rings. The molecular formula is C33H33Br2N3O4S. The van der Waals surface area contributed by atoms with E-state index in [1.807, 2.05) is 61.5 Å². The molecule has 224 valence electrons. The summed E-state index contributed by atoms with van der Waals surface area (Å²) in [7, 11) is -4.13. The summed E-state index contributed by atoms with van der Waals surface area (Å²) in [4.78, 5) is 29.6. The second-order valence-electron chi connectivity index (χ2n) is 9.95. The van der Waals surface area contributed by atoms with E-state index in [1.165, 1.54) is 17.0 Å². The summed E-state index contributed by atoms with van der Waals surface area (Å²) < 4.78 is 30.7. The van der Waals surface area contributed by atoms with Gasteiger partial charge in [-0.25, -0.2) is 8.42 Å². The highest BCUT2D eigenvalue weighted by atomic mass is 79.9. The van der Waals surface area contributed by atoms with E-state index in [1.54, 1.807) is 42.5 Å². The van der Waals surface area contributed by atoms with Crippen molar-refractivity contribution in [1.82, 2.24) is 10.2 Å². The fourth-order valence-electron chi connectivity index (χ4n) is 4.56. The van der Waals surface area contributed by atoms with Gasteiger partial charge >= 0.3 is 0 Å². The summed E-state index contributed by atoms with van der Waals surface area (Å²) in [6.45, 7) is 2.03. The van der Waals surface area contributed by atoms with Gasteiger partial charge in [0.05, 0.1) is 10.6 Å². The lowest BCUT2D eigenvalue weighted by molar-refractivity contribution is -0.140. The molecular weight excluding hydrogens is 694 g/mol. The van der Waals surface area contributed by atoms with Crippen LogP contribution >= 0.6 is 31.9 Å².